The maximum absolute atomic E-state index is 10.6. The number of hydrogen-bond donors (Lipinski definition) is 1. The highest BCUT2D eigenvalue weighted by Crippen LogP contribution is 2.46. The Morgan fingerprint density at radius 2 is 2.46 bits per heavy atom. The molecule has 0 amide bonds. The monoisotopic (exact) mass is 241 g/mol. The van der Waals surface area contributed by atoms with Crippen LogP contribution in [-0.4, -0.2) is 16.1 Å². The molecule has 0 aromatic carbocycles. The van der Waals surface area contributed by atoms with Crippen LogP contribution in [0, 0.1) is 5.92 Å². The van der Waals surface area contributed by atoms with E-state index < -0.39 is 5.97 Å². The Bertz CT molecular complexity index is 353. The lowest BCUT2D eigenvalue weighted by Crippen LogP contribution is -1.99. The molecule has 1 aromatic heterocycles. The summed E-state index contributed by atoms with van der Waals surface area (Å²) in [6.07, 6.45) is 2.41. The molecule has 1 aromatic rings. The zero-order valence-electron chi connectivity index (χ0n) is 6.77. The van der Waals surface area contributed by atoms with E-state index in [9.17, 15) is 4.79 Å². The van der Waals surface area contributed by atoms with E-state index in [2.05, 4.69) is 20.9 Å². The number of carbonyl (C=O) groups is 1. The van der Waals surface area contributed by atoms with Crippen molar-refractivity contribution in [1.82, 2.24) is 4.98 Å². The van der Waals surface area contributed by atoms with Crippen LogP contribution in [-0.2, 0) is 4.79 Å². The van der Waals surface area contributed by atoms with E-state index in [0.29, 0.717) is 0 Å². The maximum atomic E-state index is 10.6. The summed E-state index contributed by atoms with van der Waals surface area (Å²) in [7, 11) is 0. The lowest BCUT2D eigenvalue weighted by atomic mass is 10.2. The van der Waals surface area contributed by atoms with Crippen molar-refractivity contribution in [3.8, 4) is 0 Å². The van der Waals surface area contributed by atoms with E-state index >= 15 is 0 Å². The highest BCUT2D eigenvalue weighted by Gasteiger charge is 2.45. The number of aromatic nitrogens is 1. The molecule has 4 heteroatoms. The fraction of sp³-hybridized carbons (Fsp3) is 0.333. The van der Waals surface area contributed by atoms with Gasteiger partial charge in [0.15, 0.2) is 0 Å². The molecule has 1 heterocycles. The number of rotatable bonds is 2. The van der Waals surface area contributed by atoms with Crippen molar-refractivity contribution in [1.29, 1.82) is 0 Å². The highest BCUT2D eigenvalue weighted by molar-refractivity contribution is 9.10. The van der Waals surface area contributed by atoms with Gasteiger partial charge in [-0.3, -0.25) is 9.78 Å². The van der Waals surface area contributed by atoms with Crippen molar-refractivity contribution in [2.75, 3.05) is 0 Å². The van der Waals surface area contributed by atoms with Crippen molar-refractivity contribution in [3.63, 3.8) is 0 Å². The van der Waals surface area contributed by atoms with E-state index in [1.807, 2.05) is 12.1 Å². The molecule has 0 bridgehead atoms. The smallest absolute Gasteiger partial charge is 0.307 e. The van der Waals surface area contributed by atoms with Crippen molar-refractivity contribution in [3.05, 3.63) is 28.5 Å². The Morgan fingerprint density at radius 3 is 3.00 bits per heavy atom. The number of nitrogens with zero attached hydrogens (tertiary/aromatic N) is 1. The SMILES string of the molecule is O=C(O)C1CC1c1cc(Br)ccn1. The lowest BCUT2D eigenvalue weighted by molar-refractivity contribution is -0.138. The predicted molar refractivity (Wildman–Crippen MR) is 50.4 cm³/mol. The third-order valence-corrected chi connectivity index (χ3v) is 2.72. The van der Waals surface area contributed by atoms with Crippen LogP contribution in [0.1, 0.15) is 18.0 Å². The molecule has 1 saturated carbocycles. The van der Waals surface area contributed by atoms with Crippen molar-refractivity contribution < 1.29 is 9.90 Å². The lowest BCUT2D eigenvalue weighted by Gasteiger charge is -1.97. The highest BCUT2D eigenvalue weighted by atomic mass is 79.9. The molecule has 0 radical (unpaired) electrons. The first kappa shape index (κ1) is 8.69. The first-order valence-corrected chi connectivity index (χ1v) is 4.82. The maximum Gasteiger partial charge on any atom is 0.307 e. The Morgan fingerprint density at radius 1 is 1.69 bits per heavy atom. The largest absolute Gasteiger partial charge is 0.481 e. The third kappa shape index (κ3) is 1.72. The second kappa shape index (κ2) is 3.10. The van der Waals surface area contributed by atoms with Gasteiger partial charge in [0.2, 0.25) is 0 Å². The zero-order chi connectivity index (χ0) is 9.42. The standard InChI is InChI=1S/C9H8BrNO2/c10-5-1-2-11-8(3-5)6-4-7(6)9(12)13/h1-3,6-7H,4H2,(H,12,13). The van der Waals surface area contributed by atoms with E-state index in [0.717, 1.165) is 16.6 Å². The Hall–Kier alpha value is -0.900. The molecule has 68 valence electrons. The molecule has 0 aliphatic heterocycles. The van der Waals surface area contributed by atoms with Gasteiger partial charge >= 0.3 is 5.97 Å². The van der Waals surface area contributed by atoms with Crippen LogP contribution >= 0.6 is 15.9 Å². The summed E-state index contributed by atoms with van der Waals surface area (Å²) in [4.78, 5) is 14.7. The van der Waals surface area contributed by atoms with Crippen LogP contribution in [0.2, 0.25) is 0 Å². The first-order chi connectivity index (χ1) is 6.18. The number of pyridine rings is 1. The number of carboxylic acids is 1. The minimum Gasteiger partial charge on any atom is -0.481 e. The summed E-state index contributed by atoms with van der Waals surface area (Å²) >= 11 is 3.33. The van der Waals surface area contributed by atoms with E-state index in [1.165, 1.54) is 0 Å². The van der Waals surface area contributed by atoms with Gasteiger partial charge < -0.3 is 5.11 Å². The van der Waals surface area contributed by atoms with Crippen LogP contribution in [0.5, 0.6) is 0 Å². The van der Waals surface area contributed by atoms with Gasteiger partial charge in [0.05, 0.1) is 5.92 Å². The summed E-state index contributed by atoms with van der Waals surface area (Å²) in [5.41, 5.74) is 0.877. The number of hydrogen-bond acceptors (Lipinski definition) is 2. The van der Waals surface area contributed by atoms with Gasteiger partial charge in [-0.25, -0.2) is 0 Å². The van der Waals surface area contributed by atoms with Gasteiger partial charge in [0.1, 0.15) is 0 Å². The van der Waals surface area contributed by atoms with Crippen LogP contribution in [0.4, 0.5) is 0 Å². The summed E-state index contributed by atoms with van der Waals surface area (Å²) in [5.74, 6) is -0.816. The molecule has 1 N–H and O–H groups in total. The topological polar surface area (TPSA) is 50.2 Å². The van der Waals surface area contributed by atoms with E-state index in [1.54, 1.807) is 6.20 Å². The Balaban J connectivity index is 2.16. The molecule has 1 aliphatic carbocycles. The van der Waals surface area contributed by atoms with Crippen molar-refractivity contribution >= 4 is 21.9 Å². The Kier molecular flexibility index (Phi) is 2.07. The Labute approximate surface area is 83.9 Å². The summed E-state index contributed by atoms with van der Waals surface area (Å²) in [6.45, 7) is 0. The fourth-order valence-electron chi connectivity index (χ4n) is 1.42. The quantitative estimate of drug-likeness (QED) is 0.863. The van der Waals surface area contributed by atoms with E-state index in [-0.39, 0.29) is 11.8 Å². The second-order valence-corrected chi connectivity index (χ2v) is 4.10. The average molecular weight is 242 g/mol. The molecular formula is C9H8BrNO2. The molecule has 13 heavy (non-hydrogen) atoms. The zero-order valence-corrected chi connectivity index (χ0v) is 8.36. The first-order valence-electron chi connectivity index (χ1n) is 4.03. The van der Waals surface area contributed by atoms with Gasteiger partial charge in [-0.2, -0.15) is 0 Å². The average Bonchev–Trinajstić information content (AvgIpc) is 2.82. The molecule has 2 atom stereocenters. The molecule has 0 spiro atoms. The van der Waals surface area contributed by atoms with Gasteiger partial charge in [-0.1, -0.05) is 15.9 Å². The van der Waals surface area contributed by atoms with Gasteiger partial charge in [0, 0.05) is 22.3 Å². The van der Waals surface area contributed by atoms with Crippen LogP contribution in [0.3, 0.4) is 0 Å². The van der Waals surface area contributed by atoms with Crippen LogP contribution in [0.25, 0.3) is 0 Å². The minimum atomic E-state index is -0.716. The third-order valence-electron chi connectivity index (χ3n) is 2.23. The number of halogens is 1. The van der Waals surface area contributed by atoms with Crippen LogP contribution < -0.4 is 0 Å². The van der Waals surface area contributed by atoms with Crippen LogP contribution in [0.15, 0.2) is 22.8 Å². The molecule has 2 unspecified atom stereocenters. The molecular weight excluding hydrogens is 234 g/mol. The summed E-state index contributed by atoms with van der Waals surface area (Å²) in [6, 6.07) is 3.72. The second-order valence-electron chi connectivity index (χ2n) is 3.19. The molecule has 0 saturated heterocycles. The number of carboxylic acid groups (broad SMARTS) is 1. The molecule has 3 nitrogen and oxygen atoms in total. The van der Waals surface area contributed by atoms with Gasteiger partial charge in [-0.05, 0) is 18.6 Å². The van der Waals surface area contributed by atoms with Crippen molar-refractivity contribution in [2.24, 2.45) is 5.92 Å². The van der Waals surface area contributed by atoms with Crippen molar-refractivity contribution in [2.45, 2.75) is 12.3 Å². The number of aliphatic carboxylic acids is 1. The van der Waals surface area contributed by atoms with Gasteiger partial charge in [-0.15, -0.1) is 0 Å². The minimum absolute atomic E-state index is 0.120. The predicted octanol–water partition coefficient (Wildman–Crippen LogP) is 2.03. The normalized spacial score (nSPS) is 25.6. The van der Waals surface area contributed by atoms with Gasteiger partial charge in [0.25, 0.3) is 0 Å². The molecule has 2 rings (SSSR count). The molecule has 1 aliphatic rings. The fourth-order valence-corrected chi connectivity index (χ4v) is 1.77. The van der Waals surface area contributed by atoms with E-state index in [4.69, 9.17) is 5.11 Å². The summed E-state index contributed by atoms with van der Waals surface area (Å²) < 4.78 is 0.952. The summed E-state index contributed by atoms with van der Waals surface area (Å²) in [5, 5.41) is 8.71. The molecule has 1 fully saturated rings.